The number of nitrogens with zero attached hydrogens (tertiary/aromatic N) is 2. The molecule has 5 amide bonds. The smallest absolute Gasteiger partial charge is 0.318 e. The molecule has 6 N–H and O–H groups in total. The normalized spacial score (nSPS) is 22.5. The van der Waals surface area contributed by atoms with Gasteiger partial charge in [0.05, 0.1) is 22.5 Å². The van der Waals surface area contributed by atoms with Crippen LogP contribution in [0.15, 0.2) is 41.6 Å². The van der Waals surface area contributed by atoms with Gasteiger partial charge in [0.25, 0.3) is 11.8 Å². The fourth-order valence-corrected chi connectivity index (χ4v) is 7.52. The number of amides is 5. The largest absolute Gasteiger partial charge is 0.410 e. The molecule has 2 saturated carbocycles. The van der Waals surface area contributed by atoms with Gasteiger partial charge in [-0.3, -0.25) is 14.4 Å². The van der Waals surface area contributed by atoms with Crippen molar-refractivity contribution in [2.75, 3.05) is 17.2 Å². The molecule has 2 aromatic rings. The van der Waals surface area contributed by atoms with Crippen molar-refractivity contribution in [2.24, 2.45) is 28.8 Å². The summed E-state index contributed by atoms with van der Waals surface area (Å²) in [4.78, 5) is 56.1. The van der Waals surface area contributed by atoms with E-state index in [0.717, 1.165) is 36.8 Å². The Morgan fingerprint density at radius 1 is 1.08 bits per heavy atom. The van der Waals surface area contributed by atoms with Crippen molar-refractivity contribution in [3.63, 3.8) is 0 Å². The van der Waals surface area contributed by atoms with E-state index in [1.165, 1.54) is 30.0 Å². The lowest BCUT2D eigenvalue weighted by Gasteiger charge is -2.37. The van der Waals surface area contributed by atoms with Gasteiger partial charge in [0, 0.05) is 25.1 Å². The number of anilines is 2. The number of urea groups is 1. The Kier molecular flexibility index (Phi) is 9.40. The van der Waals surface area contributed by atoms with Gasteiger partial charge >= 0.3 is 6.03 Å². The minimum atomic E-state index is -1.41. The summed E-state index contributed by atoms with van der Waals surface area (Å²) in [6.07, 6.45) is 4.07. The molecular weight excluding hydrogens is 653 g/mol. The van der Waals surface area contributed by atoms with Gasteiger partial charge in [-0.2, -0.15) is 0 Å². The summed E-state index contributed by atoms with van der Waals surface area (Å²) in [5, 5.41) is 31.5. The summed E-state index contributed by atoms with van der Waals surface area (Å²) in [5.74, 6) is -1.96. The Bertz CT molecular complexity index is 1710. The number of rotatable bonds is 12. The van der Waals surface area contributed by atoms with Crippen LogP contribution in [-0.2, 0) is 27.2 Å². The Balaban J connectivity index is 1.28. The molecule has 1 unspecified atom stereocenters. The van der Waals surface area contributed by atoms with E-state index in [-0.39, 0.29) is 65.5 Å². The monoisotopic (exact) mass is 693 g/mol. The van der Waals surface area contributed by atoms with Crippen molar-refractivity contribution < 1.29 is 28.8 Å². The summed E-state index contributed by atoms with van der Waals surface area (Å²) in [6, 6.07) is 7.86. The number of hydrogen-bond acceptors (Lipinski definition) is 7. The highest BCUT2D eigenvalue weighted by Crippen LogP contribution is 2.51. The molecule has 4 aliphatic rings. The highest BCUT2D eigenvalue weighted by molar-refractivity contribution is 6.65. The second-order valence-electron chi connectivity index (χ2n) is 14.1. The van der Waals surface area contributed by atoms with Gasteiger partial charge in [-0.1, -0.05) is 42.7 Å². The molecule has 260 valence electrons. The van der Waals surface area contributed by atoms with Crippen LogP contribution in [0.3, 0.4) is 0 Å². The van der Waals surface area contributed by atoms with Crippen LogP contribution < -0.4 is 21.3 Å². The molecule has 0 spiro atoms. The SMILES string of the molecule is CC(=N)/C(=N\O)C(=O)N[C@H](C(=O)Nc1ccc2c(c1)CC(C(=O)Nc1c(F)cccc1Cl)(N1C[C@@H](C(C)C)NC1=O)C2)C(C1CC1)C1CC1. The van der Waals surface area contributed by atoms with Crippen LogP contribution in [0.25, 0.3) is 0 Å². The molecule has 1 aliphatic heterocycles. The summed E-state index contributed by atoms with van der Waals surface area (Å²) in [7, 11) is 0. The van der Waals surface area contributed by atoms with Crippen LogP contribution in [0, 0.1) is 34.9 Å². The lowest BCUT2D eigenvalue weighted by molar-refractivity contribution is -0.125. The first-order valence-corrected chi connectivity index (χ1v) is 17.1. The Morgan fingerprint density at radius 3 is 2.33 bits per heavy atom. The molecule has 14 heteroatoms. The molecule has 1 heterocycles. The summed E-state index contributed by atoms with van der Waals surface area (Å²) < 4.78 is 14.8. The van der Waals surface area contributed by atoms with E-state index in [9.17, 15) is 28.8 Å². The zero-order valence-corrected chi connectivity index (χ0v) is 28.4. The van der Waals surface area contributed by atoms with E-state index >= 15 is 0 Å². The van der Waals surface area contributed by atoms with Gasteiger partial charge in [-0.05, 0) is 91.7 Å². The molecule has 3 fully saturated rings. The van der Waals surface area contributed by atoms with Gasteiger partial charge in [-0.25, -0.2) is 9.18 Å². The van der Waals surface area contributed by atoms with Gasteiger partial charge in [0.15, 0.2) is 5.71 Å². The van der Waals surface area contributed by atoms with Crippen LogP contribution in [0.2, 0.25) is 5.02 Å². The molecule has 3 aliphatic carbocycles. The van der Waals surface area contributed by atoms with Crippen molar-refractivity contribution in [1.29, 1.82) is 5.41 Å². The topological polar surface area (TPSA) is 176 Å². The molecular formula is C35H41ClFN7O5. The number of carbonyl (C=O) groups is 4. The number of halogens is 2. The molecule has 6 rings (SSSR count). The molecule has 0 bridgehead atoms. The highest BCUT2D eigenvalue weighted by Gasteiger charge is 2.54. The standard InChI is InChI=1S/C35H41ClFN7O5/c1-17(2)26-16-44(34(48)40-26)35(33(47)42-29-24(36)5-4-6-25(29)37)14-21-11-12-23(13-22(21)15-35)39-32(46)30(27(19-7-8-19)20-9-10-20)41-31(45)28(43-49)18(3)38/h4-6,11-13,17,19-20,26-27,30,38,49H,7-10,14-16H2,1-3H3,(H,39,46)(H,40,48)(H,41,45)(H,42,47)/b38-18?,43-28+/t26-,30-,35?/m0/s1. The van der Waals surface area contributed by atoms with Crippen molar-refractivity contribution in [1.82, 2.24) is 15.5 Å². The van der Waals surface area contributed by atoms with Gasteiger partial charge in [0.1, 0.15) is 17.4 Å². The molecule has 3 atom stereocenters. The first kappa shape index (κ1) is 34.3. The van der Waals surface area contributed by atoms with E-state index in [1.54, 1.807) is 18.2 Å². The minimum Gasteiger partial charge on any atom is -0.410 e. The average Bonchev–Trinajstić information content (AvgIpc) is 3.98. The van der Waals surface area contributed by atoms with E-state index in [1.807, 2.05) is 13.8 Å². The van der Waals surface area contributed by atoms with Gasteiger partial charge in [0.2, 0.25) is 5.91 Å². The third kappa shape index (κ3) is 6.85. The first-order valence-electron chi connectivity index (χ1n) is 16.7. The molecule has 0 aromatic heterocycles. The number of fused-ring (bicyclic) bond motifs is 1. The maximum Gasteiger partial charge on any atom is 0.318 e. The fourth-order valence-electron chi connectivity index (χ4n) is 7.31. The number of nitrogens with one attached hydrogen (secondary N) is 5. The van der Waals surface area contributed by atoms with E-state index in [4.69, 9.17) is 17.0 Å². The lowest BCUT2D eigenvalue weighted by Crippen LogP contribution is -2.59. The quantitative estimate of drug-likeness (QED) is 0.107. The summed E-state index contributed by atoms with van der Waals surface area (Å²) in [6.45, 7) is 5.56. The van der Waals surface area contributed by atoms with Crippen LogP contribution in [0.4, 0.5) is 20.6 Å². The van der Waals surface area contributed by atoms with Crippen molar-refractivity contribution in [3.05, 3.63) is 58.4 Å². The third-order valence-electron chi connectivity index (χ3n) is 10.3. The van der Waals surface area contributed by atoms with Crippen molar-refractivity contribution >= 4 is 58.2 Å². The molecule has 12 nitrogen and oxygen atoms in total. The molecule has 49 heavy (non-hydrogen) atoms. The second-order valence-corrected chi connectivity index (χ2v) is 14.5. The lowest BCUT2D eigenvalue weighted by atomic mass is 9.88. The van der Waals surface area contributed by atoms with Crippen LogP contribution in [-0.4, -0.2) is 69.5 Å². The van der Waals surface area contributed by atoms with E-state index in [0.29, 0.717) is 5.69 Å². The highest BCUT2D eigenvalue weighted by atomic mass is 35.5. The van der Waals surface area contributed by atoms with E-state index in [2.05, 4.69) is 26.4 Å². The number of hydrogen-bond donors (Lipinski definition) is 6. The predicted octanol–water partition coefficient (Wildman–Crippen LogP) is 4.73. The van der Waals surface area contributed by atoms with Gasteiger partial charge in [-0.15, -0.1) is 0 Å². The molecule has 1 saturated heterocycles. The van der Waals surface area contributed by atoms with Gasteiger partial charge < -0.3 is 36.8 Å². The van der Waals surface area contributed by atoms with Crippen LogP contribution >= 0.6 is 11.6 Å². The first-order chi connectivity index (χ1) is 23.3. The number of carbonyl (C=O) groups excluding carboxylic acids is 4. The average molecular weight is 694 g/mol. The Morgan fingerprint density at radius 2 is 1.76 bits per heavy atom. The van der Waals surface area contributed by atoms with Crippen LogP contribution in [0.5, 0.6) is 0 Å². The molecule has 2 aromatic carbocycles. The number of para-hydroxylation sites is 1. The fraction of sp³-hybridized carbons (Fsp3) is 0.486. The summed E-state index contributed by atoms with van der Waals surface area (Å²) in [5.41, 5.74) is -0.317. The number of oxime groups is 1. The Hall–Kier alpha value is -4.52. The minimum absolute atomic E-state index is 0.0282. The Labute approximate surface area is 288 Å². The van der Waals surface area contributed by atoms with Crippen molar-refractivity contribution in [3.8, 4) is 0 Å². The van der Waals surface area contributed by atoms with E-state index < -0.39 is 46.9 Å². The maximum atomic E-state index is 14.8. The van der Waals surface area contributed by atoms with Crippen molar-refractivity contribution in [2.45, 2.75) is 76.9 Å². The second kappa shape index (κ2) is 13.4. The summed E-state index contributed by atoms with van der Waals surface area (Å²) >= 11 is 6.26. The number of benzene rings is 2. The third-order valence-corrected chi connectivity index (χ3v) is 10.6. The zero-order chi connectivity index (χ0) is 35.2. The maximum absolute atomic E-state index is 14.8. The molecule has 0 radical (unpaired) electrons. The zero-order valence-electron chi connectivity index (χ0n) is 27.6. The predicted molar refractivity (Wildman–Crippen MR) is 183 cm³/mol. The van der Waals surface area contributed by atoms with Crippen LogP contribution in [0.1, 0.15) is 57.6 Å².